The van der Waals surface area contributed by atoms with Gasteiger partial charge in [-0.15, -0.1) is 11.8 Å². The van der Waals surface area contributed by atoms with Crippen LogP contribution in [0.25, 0.3) is 10.8 Å². The molecule has 0 spiro atoms. The first-order chi connectivity index (χ1) is 13.0. The minimum Gasteiger partial charge on any atom is -0.506 e. The van der Waals surface area contributed by atoms with Crippen LogP contribution in [0.2, 0.25) is 0 Å². The first-order valence-corrected chi connectivity index (χ1v) is 9.42. The Labute approximate surface area is 161 Å². The fourth-order valence-corrected chi connectivity index (χ4v) is 3.80. The van der Waals surface area contributed by atoms with Crippen LogP contribution in [0.4, 0.5) is 5.69 Å². The van der Waals surface area contributed by atoms with E-state index in [1.807, 2.05) is 37.3 Å². The monoisotopic (exact) mass is 381 g/mol. The molecule has 0 aromatic heterocycles. The highest BCUT2D eigenvalue weighted by molar-refractivity contribution is 7.99. The van der Waals surface area contributed by atoms with Crippen LogP contribution in [0.1, 0.15) is 22.3 Å². The van der Waals surface area contributed by atoms with Gasteiger partial charge in [0.15, 0.2) is 0 Å². The van der Waals surface area contributed by atoms with E-state index in [0.717, 1.165) is 15.8 Å². The summed E-state index contributed by atoms with van der Waals surface area (Å²) >= 11 is 1.36. The number of phenolic OH excluding ortho intramolecular Hbond substituents is 1. The molecule has 0 unspecified atom stereocenters. The molecule has 0 bridgehead atoms. The zero-order valence-corrected chi connectivity index (χ0v) is 15.5. The van der Waals surface area contributed by atoms with E-state index in [0.29, 0.717) is 16.8 Å². The van der Waals surface area contributed by atoms with Crippen LogP contribution in [-0.2, 0) is 4.79 Å². The van der Waals surface area contributed by atoms with Crippen molar-refractivity contribution in [2.24, 2.45) is 0 Å². The number of carbonyl (C=O) groups is 2. The van der Waals surface area contributed by atoms with Gasteiger partial charge in [-0.25, -0.2) is 0 Å². The Morgan fingerprint density at radius 1 is 1.04 bits per heavy atom. The van der Waals surface area contributed by atoms with Crippen LogP contribution in [0.5, 0.6) is 5.75 Å². The van der Waals surface area contributed by atoms with Gasteiger partial charge in [0, 0.05) is 21.7 Å². The summed E-state index contributed by atoms with van der Waals surface area (Å²) in [6.45, 7) is 1.89. The summed E-state index contributed by atoms with van der Waals surface area (Å²) in [5, 5.41) is 23.7. The molecule has 27 heavy (non-hydrogen) atoms. The third-order valence-electron chi connectivity index (χ3n) is 4.19. The Bertz CT molecular complexity index is 1020. The second-order valence-corrected chi connectivity index (χ2v) is 7.21. The summed E-state index contributed by atoms with van der Waals surface area (Å²) in [5.74, 6) is -0.988. The van der Waals surface area contributed by atoms with Crippen molar-refractivity contribution in [3.05, 3.63) is 65.7 Å². The van der Waals surface area contributed by atoms with Crippen LogP contribution in [0, 0.1) is 6.92 Å². The molecule has 3 rings (SSSR count). The van der Waals surface area contributed by atoms with Crippen LogP contribution in [-0.4, -0.2) is 27.8 Å². The van der Waals surface area contributed by atoms with Crippen LogP contribution >= 0.6 is 11.8 Å². The standard InChI is InChI=1S/C21H19NO4S/c1-13-6-2-5-9-17(13)22-21(26)16-12-18(27-11-10-19(23)24)14-7-3-4-8-15(14)20(16)25/h2-9,12,25H,10-11H2,1H3,(H,22,26)(H,23,24). The summed E-state index contributed by atoms with van der Waals surface area (Å²) in [4.78, 5) is 24.4. The molecule has 138 valence electrons. The molecule has 0 saturated heterocycles. The summed E-state index contributed by atoms with van der Waals surface area (Å²) in [6, 6.07) is 16.3. The highest BCUT2D eigenvalue weighted by Gasteiger charge is 2.18. The largest absolute Gasteiger partial charge is 0.506 e. The predicted molar refractivity (Wildman–Crippen MR) is 108 cm³/mol. The zero-order valence-electron chi connectivity index (χ0n) is 14.7. The molecule has 0 radical (unpaired) electrons. The topological polar surface area (TPSA) is 86.6 Å². The van der Waals surface area contributed by atoms with Crippen molar-refractivity contribution in [2.45, 2.75) is 18.2 Å². The number of anilines is 1. The fraction of sp³-hybridized carbons (Fsp3) is 0.143. The maximum Gasteiger partial charge on any atom is 0.304 e. The molecule has 3 aromatic rings. The van der Waals surface area contributed by atoms with Gasteiger partial charge in [0.1, 0.15) is 5.75 Å². The lowest BCUT2D eigenvalue weighted by Crippen LogP contribution is -2.13. The van der Waals surface area contributed by atoms with Gasteiger partial charge in [0.2, 0.25) is 0 Å². The van der Waals surface area contributed by atoms with Crippen LogP contribution in [0.3, 0.4) is 0 Å². The molecule has 3 aromatic carbocycles. The Balaban J connectivity index is 1.99. The Morgan fingerprint density at radius 3 is 2.41 bits per heavy atom. The number of phenols is 1. The van der Waals surface area contributed by atoms with Gasteiger partial charge in [0.05, 0.1) is 12.0 Å². The van der Waals surface area contributed by atoms with Gasteiger partial charge in [0.25, 0.3) is 5.91 Å². The molecule has 0 aliphatic carbocycles. The number of benzene rings is 3. The highest BCUT2D eigenvalue weighted by atomic mass is 32.2. The zero-order chi connectivity index (χ0) is 19.4. The van der Waals surface area contributed by atoms with E-state index in [9.17, 15) is 14.7 Å². The number of para-hydroxylation sites is 1. The number of aromatic hydroxyl groups is 1. The van der Waals surface area contributed by atoms with Gasteiger partial charge in [-0.2, -0.15) is 0 Å². The number of carboxylic acid groups (broad SMARTS) is 1. The maximum absolute atomic E-state index is 12.8. The number of hydrogen-bond acceptors (Lipinski definition) is 4. The fourth-order valence-electron chi connectivity index (χ4n) is 2.77. The quantitative estimate of drug-likeness (QED) is 0.540. The van der Waals surface area contributed by atoms with E-state index in [2.05, 4.69) is 5.32 Å². The third kappa shape index (κ3) is 4.23. The Morgan fingerprint density at radius 2 is 1.70 bits per heavy atom. The molecule has 0 aliphatic rings. The molecule has 1 amide bonds. The summed E-state index contributed by atoms with van der Waals surface area (Å²) in [6.07, 6.45) is 0.0185. The van der Waals surface area contributed by atoms with E-state index in [1.165, 1.54) is 11.8 Å². The predicted octanol–water partition coefficient (Wildman–Crippen LogP) is 4.67. The van der Waals surface area contributed by atoms with Gasteiger partial charge in [-0.05, 0) is 30.0 Å². The van der Waals surface area contributed by atoms with Gasteiger partial charge in [-0.3, -0.25) is 9.59 Å². The molecule has 6 heteroatoms. The number of amides is 1. The molecule has 0 atom stereocenters. The number of hydrogen-bond donors (Lipinski definition) is 3. The van der Waals surface area contributed by atoms with E-state index in [4.69, 9.17) is 5.11 Å². The number of aryl methyl sites for hydroxylation is 1. The van der Waals surface area contributed by atoms with E-state index in [1.54, 1.807) is 24.3 Å². The van der Waals surface area contributed by atoms with Crippen molar-refractivity contribution < 1.29 is 19.8 Å². The average molecular weight is 381 g/mol. The lowest BCUT2D eigenvalue weighted by Gasteiger charge is -2.14. The molecule has 0 heterocycles. The molecule has 0 saturated carbocycles. The SMILES string of the molecule is Cc1ccccc1NC(=O)c1cc(SCCC(=O)O)c2ccccc2c1O. The van der Waals surface area contributed by atoms with E-state index in [-0.39, 0.29) is 17.7 Å². The van der Waals surface area contributed by atoms with Crippen molar-refractivity contribution in [3.63, 3.8) is 0 Å². The lowest BCUT2D eigenvalue weighted by molar-refractivity contribution is -0.136. The van der Waals surface area contributed by atoms with Crippen LogP contribution < -0.4 is 5.32 Å². The highest BCUT2D eigenvalue weighted by Crippen LogP contribution is 2.37. The van der Waals surface area contributed by atoms with Gasteiger partial charge in [-0.1, -0.05) is 42.5 Å². The molecule has 3 N–H and O–H groups in total. The first-order valence-electron chi connectivity index (χ1n) is 8.43. The molecular weight excluding hydrogens is 362 g/mol. The number of fused-ring (bicyclic) bond motifs is 1. The third-order valence-corrected chi connectivity index (χ3v) is 5.25. The van der Waals surface area contributed by atoms with Crippen molar-refractivity contribution in [3.8, 4) is 5.75 Å². The Hall–Kier alpha value is -2.99. The molecular formula is C21H19NO4S. The molecule has 0 fully saturated rings. The van der Waals surface area contributed by atoms with Crippen molar-refractivity contribution >= 4 is 40.1 Å². The number of carbonyl (C=O) groups excluding carboxylic acids is 1. The summed E-state index contributed by atoms with van der Waals surface area (Å²) < 4.78 is 0. The second-order valence-electron chi connectivity index (χ2n) is 6.08. The second kappa shape index (κ2) is 8.14. The summed E-state index contributed by atoms with van der Waals surface area (Å²) in [5.41, 5.74) is 1.76. The number of nitrogens with one attached hydrogen (secondary N) is 1. The molecule has 5 nitrogen and oxygen atoms in total. The number of carboxylic acids is 1. The van der Waals surface area contributed by atoms with Gasteiger partial charge >= 0.3 is 5.97 Å². The number of aliphatic carboxylic acids is 1. The van der Waals surface area contributed by atoms with Crippen LogP contribution in [0.15, 0.2) is 59.5 Å². The lowest BCUT2D eigenvalue weighted by atomic mass is 10.0. The maximum atomic E-state index is 12.8. The number of rotatable bonds is 6. The average Bonchev–Trinajstić information content (AvgIpc) is 2.65. The molecule has 0 aliphatic heterocycles. The van der Waals surface area contributed by atoms with Crippen molar-refractivity contribution in [1.29, 1.82) is 0 Å². The minimum absolute atomic E-state index is 0.0185. The first kappa shape index (κ1) is 18.8. The normalized spacial score (nSPS) is 10.7. The summed E-state index contributed by atoms with van der Waals surface area (Å²) in [7, 11) is 0. The van der Waals surface area contributed by atoms with E-state index < -0.39 is 11.9 Å². The van der Waals surface area contributed by atoms with E-state index >= 15 is 0 Å². The van der Waals surface area contributed by atoms with Crippen molar-refractivity contribution in [1.82, 2.24) is 0 Å². The Kier molecular flexibility index (Phi) is 5.66. The minimum atomic E-state index is -0.872. The van der Waals surface area contributed by atoms with Gasteiger partial charge < -0.3 is 15.5 Å². The van der Waals surface area contributed by atoms with Crippen molar-refractivity contribution in [2.75, 3.05) is 11.1 Å². The number of thioether (sulfide) groups is 1. The smallest absolute Gasteiger partial charge is 0.304 e.